The van der Waals surface area contributed by atoms with Gasteiger partial charge in [-0.25, -0.2) is 4.39 Å². The molecular weight excluding hydrogens is 297 g/mol. The van der Waals surface area contributed by atoms with Crippen LogP contribution in [0.15, 0.2) is 41.7 Å². The van der Waals surface area contributed by atoms with Crippen LogP contribution in [-0.2, 0) is 4.74 Å². The van der Waals surface area contributed by atoms with Crippen LogP contribution in [0.25, 0.3) is 0 Å². The highest BCUT2D eigenvalue weighted by Crippen LogP contribution is 2.25. The molecule has 126 valence electrons. The van der Waals surface area contributed by atoms with Crippen LogP contribution in [0.2, 0.25) is 0 Å². The van der Waals surface area contributed by atoms with Crippen LogP contribution in [0.1, 0.15) is 20.3 Å². The highest BCUT2D eigenvalue weighted by atomic mass is 19.1. The lowest BCUT2D eigenvalue weighted by Crippen LogP contribution is -2.54. The Morgan fingerprint density at radius 1 is 1.48 bits per heavy atom. The van der Waals surface area contributed by atoms with E-state index >= 15 is 0 Å². The molecule has 2 rings (SSSR count). The Labute approximate surface area is 136 Å². The second-order valence-electron chi connectivity index (χ2n) is 6.28. The van der Waals surface area contributed by atoms with Gasteiger partial charge in [0, 0.05) is 31.2 Å². The van der Waals surface area contributed by atoms with Gasteiger partial charge in [-0.05, 0) is 36.5 Å². The molecule has 1 unspecified atom stereocenters. The standard InChI is InChI=1S/C17H24FN3O2/c1-17(2,12-23-3)15(20-22)8-10-19-16-9-11-21(16)14-6-4-13(18)5-7-14/h4-8,10,16,19,22H,9,11-12H2,1-3H3/b10-8+,20-15+. The summed E-state index contributed by atoms with van der Waals surface area (Å²) < 4.78 is 18.1. The van der Waals surface area contributed by atoms with Gasteiger partial charge in [0.15, 0.2) is 0 Å². The largest absolute Gasteiger partial charge is 0.411 e. The van der Waals surface area contributed by atoms with Gasteiger partial charge < -0.3 is 20.2 Å². The van der Waals surface area contributed by atoms with Crippen LogP contribution < -0.4 is 10.2 Å². The molecule has 0 amide bonds. The fraction of sp³-hybridized carbons (Fsp3) is 0.471. The zero-order valence-corrected chi connectivity index (χ0v) is 13.8. The number of methoxy groups -OCH3 is 1. The third kappa shape index (κ3) is 4.22. The van der Waals surface area contributed by atoms with Crippen molar-refractivity contribution in [3.63, 3.8) is 0 Å². The second kappa shape index (κ2) is 7.46. The van der Waals surface area contributed by atoms with Gasteiger partial charge in [-0.3, -0.25) is 0 Å². The molecule has 0 saturated carbocycles. The first-order chi connectivity index (χ1) is 11.0. The number of hydrogen-bond donors (Lipinski definition) is 2. The summed E-state index contributed by atoms with van der Waals surface area (Å²) in [6.45, 7) is 5.28. The van der Waals surface area contributed by atoms with E-state index in [1.807, 2.05) is 13.8 Å². The summed E-state index contributed by atoms with van der Waals surface area (Å²) in [4.78, 5) is 2.15. The number of allylic oxidation sites excluding steroid dienone is 1. The number of anilines is 1. The van der Waals surface area contributed by atoms with Crippen LogP contribution in [0.3, 0.4) is 0 Å². The summed E-state index contributed by atoms with van der Waals surface area (Å²) in [5.74, 6) is -0.233. The SMILES string of the molecule is COCC(C)(C)C(/C=C/NC1CCN1c1ccc(F)cc1)=N/O. The van der Waals surface area contributed by atoms with Crippen LogP contribution >= 0.6 is 0 Å². The maximum atomic E-state index is 13.0. The summed E-state index contributed by atoms with van der Waals surface area (Å²) >= 11 is 0. The van der Waals surface area contributed by atoms with Crippen molar-refractivity contribution in [1.82, 2.24) is 5.32 Å². The molecule has 1 aromatic rings. The van der Waals surface area contributed by atoms with Gasteiger partial charge in [0.05, 0.1) is 12.3 Å². The van der Waals surface area contributed by atoms with Gasteiger partial charge in [0.1, 0.15) is 12.0 Å². The molecular formula is C17H24FN3O2. The lowest BCUT2D eigenvalue weighted by molar-refractivity contribution is 0.140. The van der Waals surface area contributed by atoms with E-state index in [4.69, 9.17) is 4.74 Å². The van der Waals surface area contributed by atoms with Gasteiger partial charge in [0.25, 0.3) is 0 Å². The minimum atomic E-state index is -0.377. The number of halogens is 1. The first-order valence-electron chi connectivity index (χ1n) is 7.64. The third-order valence-corrected chi connectivity index (χ3v) is 4.01. The van der Waals surface area contributed by atoms with Crippen molar-refractivity contribution in [3.8, 4) is 0 Å². The number of oxime groups is 1. The molecule has 1 atom stereocenters. The van der Waals surface area contributed by atoms with Crippen LogP contribution in [-0.4, -0.2) is 37.3 Å². The van der Waals surface area contributed by atoms with Gasteiger partial charge >= 0.3 is 0 Å². The molecule has 1 saturated heterocycles. The van der Waals surface area contributed by atoms with E-state index in [0.29, 0.717) is 12.3 Å². The summed E-state index contributed by atoms with van der Waals surface area (Å²) in [5.41, 5.74) is 1.15. The summed E-state index contributed by atoms with van der Waals surface area (Å²) in [6, 6.07) is 6.47. The van der Waals surface area contributed by atoms with E-state index < -0.39 is 0 Å². The third-order valence-electron chi connectivity index (χ3n) is 4.01. The molecule has 2 N–H and O–H groups in total. The monoisotopic (exact) mass is 321 g/mol. The van der Waals surface area contributed by atoms with Crippen molar-refractivity contribution in [1.29, 1.82) is 0 Å². The maximum absolute atomic E-state index is 13.0. The highest BCUT2D eigenvalue weighted by Gasteiger charge is 2.27. The zero-order valence-electron chi connectivity index (χ0n) is 13.8. The molecule has 0 aromatic heterocycles. The predicted molar refractivity (Wildman–Crippen MR) is 89.3 cm³/mol. The van der Waals surface area contributed by atoms with E-state index in [9.17, 15) is 9.60 Å². The van der Waals surface area contributed by atoms with Crippen molar-refractivity contribution >= 4 is 11.4 Å². The number of benzene rings is 1. The summed E-state index contributed by atoms with van der Waals surface area (Å²) in [5, 5.41) is 15.8. The lowest BCUT2D eigenvalue weighted by Gasteiger charge is -2.43. The predicted octanol–water partition coefficient (Wildman–Crippen LogP) is 2.97. The molecule has 1 aliphatic rings. The van der Waals surface area contributed by atoms with Crippen molar-refractivity contribution < 1.29 is 14.3 Å². The Morgan fingerprint density at radius 3 is 2.70 bits per heavy atom. The summed E-state index contributed by atoms with van der Waals surface area (Å²) in [7, 11) is 1.62. The number of rotatable bonds is 7. The molecule has 1 fully saturated rings. The van der Waals surface area contributed by atoms with E-state index in [-0.39, 0.29) is 17.4 Å². The molecule has 0 aliphatic carbocycles. The minimum Gasteiger partial charge on any atom is -0.411 e. The Hall–Kier alpha value is -2.08. The number of nitrogens with zero attached hydrogens (tertiary/aromatic N) is 2. The Morgan fingerprint density at radius 2 is 2.17 bits per heavy atom. The molecule has 6 heteroatoms. The Bertz CT molecular complexity index is 570. The van der Waals surface area contributed by atoms with Crippen LogP contribution in [0.4, 0.5) is 10.1 Å². The van der Waals surface area contributed by atoms with Crippen molar-refractivity contribution in [3.05, 3.63) is 42.4 Å². The first kappa shape index (κ1) is 17.3. The maximum Gasteiger partial charge on any atom is 0.123 e. The van der Waals surface area contributed by atoms with Gasteiger partial charge in [-0.15, -0.1) is 0 Å². The molecule has 0 bridgehead atoms. The van der Waals surface area contributed by atoms with Gasteiger partial charge in [0.2, 0.25) is 0 Å². The van der Waals surface area contributed by atoms with E-state index in [0.717, 1.165) is 18.7 Å². The normalized spacial score (nSPS) is 19.0. The van der Waals surface area contributed by atoms with Crippen molar-refractivity contribution in [2.75, 3.05) is 25.2 Å². The number of hydrogen-bond acceptors (Lipinski definition) is 5. The molecule has 0 radical (unpaired) electrons. The number of ether oxygens (including phenoxy) is 1. The molecule has 23 heavy (non-hydrogen) atoms. The van der Waals surface area contributed by atoms with Crippen molar-refractivity contribution in [2.24, 2.45) is 10.6 Å². The average Bonchev–Trinajstić information content (AvgIpc) is 2.48. The lowest BCUT2D eigenvalue weighted by atomic mass is 9.88. The topological polar surface area (TPSA) is 57.1 Å². The van der Waals surface area contributed by atoms with Crippen molar-refractivity contribution in [2.45, 2.75) is 26.4 Å². The highest BCUT2D eigenvalue weighted by molar-refractivity contribution is 5.98. The second-order valence-corrected chi connectivity index (χ2v) is 6.28. The quantitative estimate of drug-likeness (QED) is 0.460. The smallest absolute Gasteiger partial charge is 0.123 e. The zero-order chi connectivity index (χ0) is 16.9. The molecule has 0 spiro atoms. The van der Waals surface area contributed by atoms with Crippen LogP contribution in [0, 0.1) is 11.2 Å². The Balaban J connectivity index is 1.93. The van der Waals surface area contributed by atoms with Gasteiger partial charge in [-0.1, -0.05) is 19.0 Å². The molecule has 5 nitrogen and oxygen atoms in total. The van der Waals surface area contributed by atoms with Gasteiger partial charge in [-0.2, -0.15) is 0 Å². The summed E-state index contributed by atoms with van der Waals surface area (Å²) in [6.07, 6.45) is 4.68. The van der Waals surface area contributed by atoms with E-state index in [1.165, 1.54) is 12.1 Å². The van der Waals surface area contributed by atoms with E-state index in [1.54, 1.807) is 31.5 Å². The fourth-order valence-corrected chi connectivity index (χ4v) is 2.57. The molecule has 1 aliphatic heterocycles. The average molecular weight is 321 g/mol. The Kier molecular flexibility index (Phi) is 5.60. The fourth-order valence-electron chi connectivity index (χ4n) is 2.57. The number of nitrogens with one attached hydrogen (secondary N) is 1. The molecule has 1 aromatic carbocycles. The van der Waals surface area contributed by atoms with Crippen LogP contribution in [0.5, 0.6) is 0 Å². The minimum absolute atomic E-state index is 0.155. The molecule has 1 heterocycles. The first-order valence-corrected chi connectivity index (χ1v) is 7.64. The van der Waals surface area contributed by atoms with E-state index in [2.05, 4.69) is 15.4 Å².